The molecule has 3 aromatic rings. The first-order valence-corrected chi connectivity index (χ1v) is 8.72. The fraction of sp³-hybridized carbons (Fsp3) is 0.136. The van der Waals surface area contributed by atoms with E-state index in [9.17, 15) is 9.59 Å². The number of aryl methyl sites for hydroxylation is 1. The van der Waals surface area contributed by atoms with Gasteiger partial charge >= 0.3 is 5.97 Å². The molecule has 142 valence electrons. The maximum atomic E-state index is 12.0. The van der Waals surface area contributed by atoms with Crippen LogP contribution in [0.25, 0.3) is 11.3 Å². The van der Waals surface area contributed by atoms with E-state index in [1.165, 1.54) is 13.3 Å². The molecule has 28 heavy (non-hydrogen) atoms. The molecule has 0 saturated heterocycles. The van der Waals surface area contributed by atoms with E-state index < -0.39 is 5.97 Å². The summed E-state index contributed by atoms with van der Waals surface area (Å²) in [4.78, 5) is 23.9. The van der Waals surface area contributed by atoms with E-state index in [1.54, 1.807) is 30.3 Å². The average molecular weight is 376 g/mol. The van der Waals surface area contributed by atoms with Crippen LogP contribution in [0.15, 0.2) is 70.2 Å². The lowest BCUT2D eigenvalue weighted by Crippen LogP contribution is -2.19. The quantitative estimate of drug-likeness (QED) is 0.404. The molecule has 1 N–H and O–H groups in total. The molecule has 1 heterocycles. The minimum Gasteiger partial charge on any atom is -0.465 e. The second-order valence-electron chi connectivity index (χ2n) is 6.19. The Bertz CT molecular complexity index is 1000. The van der Waals surface area contributed by atoms with E-state index in [2.05, 4.69) is 10.5 Å². The Labute approximate surface area is 162 Å². The maximum absolute atomic E-state index is 12.0. The molecule has 0 bridgehead atoms. The van der Waals surface area contributed by atoms with Gasteiger partial charge in [-0.1, -0.05) is 48.0 Å². The summed E-state index contributed by atoms with van der Waals surface area (Å²) >= 11 is 0. The molecule has 0 unspecified atom stereocenters. The highest BCUT2D eigenvalue weighted by molar-refractivity contribution is 5.96. The number of ether oxygens (including phenoxy) is 1. The number of carbonyl (C=O) groups is 2. The number of benzene rings is 2. The minimum atomic E-state index is -0.439. The Morgan fingerprint density at radius 3 is 2.57 bits per heavy atom. The van der Waals surface area contributed by atoms with Crippen LogP contribution in [0.4, 0.5) is 0 Å². The molecule has 3 rings (SSSR count). The van der Waals surface area contributed by atoms with Crippen molar-refractivity contribution in [2.75, 3.05) is 7.11 Å². The molecule has 0 aliphatic carbocycles. The normalized spacial score (nSPS) is 10.8. The molecule has 1 aromatic heterocycles. The standard InChI is InChI=1S/C22H20N2O4/c1-15-7-9-16(10-8-15)13-21(25)24-23-14-17-11-12-20(28-17)18-5-3-4-6-19(18)22(26)27-2/h3-12,14H,13H2,1-2H3,(H,24,25)/b23-14-. The molecule has 0 saturated carbocycles. The van der Waals surface area contributed by atoms with Gasteiger partial charge < -0.3 is 9.15 Å². The smallest absolute Gasteiger partial charge is 0.338 e. The van der Waals surface area contributed by atoms with E-state index in [0.717, 1.165) is 11.1 Å². The zero-order chi connectivity index (χ0) is 19.9. The lowest BCUT2D eigenvalue weighted by molar-refractivity contribution is -0.120. The van der Waals surface area contributed by atoms with Gasteiger partial charge in [-0.05, 0) is 30.7 Å². The van der Waals surface area contributed by atoms with Gasteiger partial charge in [-0.2, -0.15) is 5.10 Å². The highest BCUT2D eigenvalue weighted by atomic mass is 16.5. The third-order valence-corrected chi connectivity index (χ3v) is 4.09. The maximum Gasteiger partial charge on any atom is 0.338 e. The van der Waals surface area contributed by atoms with E-state index >= 15 is 0 Å². The van der Waals surface area contributed by atoms with Crippen LogP contribution in [0.5, 0.6) is 0 Å². The summed E-state index contributed by atoms with van der Waals surface area (Å²) in [7, 11) is 1.33. The number of methoxy groups -OCH3 is 1. The summed E-state index contributed by atoms with van der Waals surface area (Å²) in [6.45, 7) is 2.00. The molecule has 0 spiro atoms. The van der Waals surface area contributed by atoms with Gasteiger partial charge in [-0.3, -0.25) is 4.79 Å². The highest BCUT2D eigenvalue weighted by Crippen LogP contribution is 2.25. The molecule has 6 heteroatoms. The predicted octanol–water partition coefficient (Wildman–Crippen LogP) is 3.73. The second kappa shape index (κ2) is 8.81. The fourth-order valence-electron chi connectivity index (χ4n) is 2.65. The summed E-state index contributed by atoms with van der Waals surface area (Å²) in [6, 6.07) is 18.2. The first-order valence-electron chi connectivity index (χ1n) is 8.72. The van der Waals surface area contributed by atoms with Crippen molar-refractivity contribution < 1.29 is 18.7 Å². The predicted molar refractivity (Wildman–Crippen MR) is 106 cm³/mol. The number of hydrogen-bond acceptors (Lipinski definition) is 5. The van der Waals surface area contributed by atoms with Gasteiger partial charge in [0, 0.05) is 5.56 Å². The molecular weight excluding hydrogens is 356 g/mol. The topological polar surface area (TPSA) is 80.9 Å². The van der Waals surface area contributed by atoms with Gasteiger partial charge in [-0.15, -0.1) is 0 Å². The summed E-state index contributed by atoms with van der Waals surface area (Å²) < 4.78 is 10.5. The van der Waals surface area contributed by atoms with Gasteiger partial charge in [0.1, 0.15) is 11.5 Å². The Kier molecular flexibility index (Phi) is 6.01. The fourth-order valence-corrected chi connectivity index (χ4v) is 2.65. The molecule has 0 fully saturated rings. The number of nitrogens with zero attached hydrogens (tertiary/aromatic N) is 1. The number of carbonyl (C=O) groups excluding carboxylic acids is 2. The third-order valence-electron chi connectivity index (χ3n) is 4.09. The molecule has 0 radical (unpaired) electrons. The molecule has 1 amide bonds. The number of amides is 1. The average Bonchev–Trinajstić information content (AvgIpc) is 3.18. The Balaban J connectivity index is 1.64. The van der Waals surface area contributed by atoms with Gasteiger partial charge in [0.25, 0.3) is 0 Å². The van der Waals surface area contributed by atoms with Crippen molar-refractivity contribution in [2.45, 2.75) is 13.3 Å². The summed E-state index contributed by atoms with van der Waals surface area (Å²) in [5.41, 5.74) is 5.57. The zero-order valence-electron chi connectivity index (χ0n) is 15.6. The van der Waals surface area contributed by atoms with Crippen LogP contribution in [-0.2, 0) is 16.0 Å². The largest absolute Gasteiger partial charge is 0.465 e. The number of rotatable bonds is 6. The van der Waals surface area contributed by atoms with Gasteiger partial charge in [0.05, 0.1) is 25.3 Å². The first kappa shape index (κ1) is 19.1. The van der Waals surface area contributed by atoms with Crippen LogP contribution in [-0.4, -0.2) is 25.2 Å². The summed E-state index contributed by atoms with van der Waals surface area (Å²) in [5.74, 6) is 0.298. The van der Waals surface area contributed by atoms with Crippen molar-refractivity contribution in [1.29, 1.82) is 0 Å². The molecule has 0 aliphatic heterocycles. The van der Waals surface area contributed by atoms with E-state index in [0.29, 0.717) is 22.6 Å². The van der Waals surface area contributed by atoms with E-state index in [1.807, 2.05) is 37.3 Å². The number of esters is 1. The summed E-state index contributed by atoms with van der Waals surface area (Å²) in [6.07, 6.45) is 1.66. The molecule has 0 atom stereocenters. The van der Waals surface area contributed by atoms with Crippen LogP contribution in [0.1, 0.15) is 27.2 Å². The first-order chi connectivity index (χ1) is 13.6. The lowest BCUT2D eigenvalue weighted by Gasteiger charge is -2.04. The van der Waals surface area contributed by atoms with Crippen molar-refractivity contribution in [3.05, 3.63) is 83.1 Å². The Morgan fingerprint density at radius 1 is 1.07 bits per heavy atom. The monoisotopic (exact) mass is 376 g/mol. The summed E-state index contributed by atoms with van der Waals surface area (Å²) in [5, 5.41) is 3.93. The van der Waals surface area contributed by atoms with Crippen LogP contribution in [0.2, 0.25) is 0 Å². The van der Waals surface area contributed by atoms with Crippen LogP contribution in [0, 0.1) is 6.92 Å². The van der Waals surface area contributed by atoms with Crippen molar-refractivity contribution in [1.82, 2.24) is 5.43 Å². The Morgan fingerprint density at radius 2 is 1.82 bits per heavy atom. The van der Waals surface area contributed by atoms with Crippen molar-refractivity contribution in [3.63, 3.8) is 0 Å². The molecule has 2 aromatic carbocycles. The highest BCUT2D eigenvalue weighted by Gasteiger charge is 2.15. The number of hydrogen-bond donors (Lipinski definition) is 1. The van der Waals surface area contributed by atoms with E-state index in [-0.39, 0.29) is 12.3 Å². The second-order valence-corrected chi connectivity index (χ2v) is 6.19. The number of furan rings is 1. The van der Waals surface area contributed by atoms with Crippen LogP contribution >= 0.6 is 0 Å². The van der Waals surface area contributed by atoms with E-state index in [4.69, 9.17) is 9.15 Å². The van der Waals surface area contributed by atoms with Gasteiger partial charge in [0.15, 0.2) is 0 Å². The van der Waals surface area contributed by atoms with Crippen LogP contribution in [0.3, 0.4) is 0 Å². The Hall–Kier alpha value is -3.67. The minimum absolute atomic E-state index is 0.220. The third kappa shape index (κ3) is 4.73. The SMILES string of the molecule is COC(=O)c1ccccc1-c1ccc(/C=N\NC(=O)Cc2ccc(C)cc2)o1. The molecular formula is C22H20N2O4. The number of hydrazone groups is 1. The van der Waals surface area contributed by atoms with Crippen molar-refractivity contribution in [3.8, 4) is 11.3 Å². The van der Waals surface area contributed by atoms with Gasteiger partial charge in [-0.25, -0.2) is 10.2 Å². The van der Waals surface area contributed by atoms with Crippen molar-refractivity contribution >= 4 is 18.1 Å². The molecule has 0 aliphatic rings. The van der Waals surface area contributed by atoms with Crippen molar-refractivity contribution in [2.24, 2.45) is 5.10 Å². The van der Waals surface area contributed by atoms with Gasteiger partial charge in [0.2, 0.25) is 5.91 Å². The molecule has 6 nitrogen and oxygen atoms in total. The number of nitrogens with one attached hydrogen (secondary N) is 1. The lowest BCUT2D eigenvalue weighted by atomic mass is 10.1. The zero-order valence-corrected chi connectivity index (χ0v) is 15.6. The van der Waals surface area contributed by atoms with Crippen LogP contribution < -0.4 is 5.43 Å².